The predicted octanol–water partition coefficient (Wildman–Crippen LogP) is 3.42. The molecule has 1 aromatic rings. The Balaban J connectivity index is 0.00000242. The van der Waals surface area contributed by atoms with Gasteiger partial charge in [0.1, 0.15) is 12.4 Å². The molecule has 6 heteroatoms. The number of carbonyl (C=O) groups is 1. The van der Waals surface area contributed by atoms with Crippen molar-refractivity contribution in [3.05, 3.63) is 29.3 Å². The summed E-state index contributed by atoms with van der Waals surface area (Å²) in [6.45, 7) is 5.64. The lowest BCUT2D eigenvalue weighted by Gasteiger charge is -2.30. The summed E-state index contributed by atoms with van der Waals surface area (Å²) in [5.41, 5.74) is 0. The first-order valence-corrected chi connectivity index (χ1v) is 7.84. The Morgan fingerprint density at radius 2 is 2.09 bits per heavy atom. The van der Waals surface area contributed by atoms with Crippen molar-refractivity contribution in [2.75, 3.05) is 32.8 Å². The van der Waals surface area contributed by atoms with E-state index in [-0.39, 0.29) is 24.3 Å². The van der Waals surface area contributed by atoms with Crippen LogP contribution in [-0.2, 0) is 9.53 Å². The number of rotatable bonds is 6. The van der Waals surface area contributed by atoms with Crippen molar-refractivity contribution >= 4 is 30.0 Å². The van der Waals surface area contributed by atoms with Gasteiger partial charge in [0.25, 0.3) is 0 Å². The highest BCUT2D eigenvalue weighted by molar-refractivity contribution is 6.30. The van der Waals surface area contributed by atoms with Crippen molar-refractivity contribution in [1.82, 2.24) is 4.90 Å². The van der Waals surface area contributed by atoms with Gasteiger partial charge in [-0.05, 0) is 51.1 Å². The summed E-state index contributed by atoms with van der Waals surface area (Å²) in [4.78, 5) is 14.0. The van der Waals surface area contributed by atoms with Gasteiger partial charge in [-0.15, -0.1) is 12.4 Å². The lowest BCUT2D eigenvalue weighted by molar-refractivity contribution is -0.149. The van der Waals surface area contributed by atoms with Crippen molar-refractivity contribution in [2.45, 2.75) is 19.8 Å². The molecule has 1 saturated heterocycles. The number of nitrogens with zero attached hydrogens (tertiary/aromatic N) is 1. The Morgan fingerprint density at radius 1 is 1.36 bits per heavy atom. The molecule has 0 saturated carbocycles. The minimum Gasteiger partial charge on any atom is -0.492 e. The van der Waals surface area contributed by atoms with E-state index < -0.39 is 0 Å². The van der Waals surface area contributed by atoms with Gasteiger partial charge in [-0.1, -0.05) is 17.7 Å². The number of benzene rings is 1. The van der Waals surface area contributed by atoms with E-state index in [0.29, 0.717) is 18.2 Å². The number of ether oxygens (including phenoxy) is 2. The van der Waals surface area contributed by atoms with Gasteiger partial charge in [0.05, 0.1) is 12.5 Å². The van der Waals surface area contributed by atoms with Crippen LogP contribution in [0, 0.1) is 5.92 Å². The van der Waals surface area contributed by atoms with Gasteiger partial charge < -0.3 is 9.47 Å². The highest BCUT2D eigenvalue weighted by Crippen LogP contribution is 2.19. The van der Waals surface area contributed by atoms with Gasteiger partial charge in [-0.25, -0.2) is 0 Å². The van der Waals surface area contributed by atoms with E-state index in [1.165, 1.54) is 0 Å². The number of carbonyl (C=O) groups excluding carboxylic acids is 1. The Labute approximate surface area is 143 Å². The van der Waals surface area contributed by atoms with E-state index in [1.807, 2.05) is 31.2 Å². The van der Waals surface area contributed by atoms with Crippen LogP contribution in [0.25, 0.3) is 0 Å². The highest BCUT2D eigenvalue weighted by atomic mass is 35.5. The lowest BCUT2D eigenvalue weighted by atomic mass is 9.97. The summed E-state index contributed by atoms with van der Waals surface area (Å²) in [5, 5.41) is 0.683. The fourth-order valence-corrected chi connectivity index (χ4v) is 2.68. The zero-order valence-corrected chi connectivity index (χ0v) is 14.4. The van der Waals surface area contributed by atoms with Crippen molar-refractivity contribution in [3.8, 4) is 5.75 Å². The third kappa shape index (κ3) is 6.03. The topological polar surface area (TPSA) is 38.8 Å². The maximum absolute atomic E-state index is 11.7. The summed E-state index contributed by atoms with van der Waals surface area (Å²) in [7, 11) is 0. The Bertz CT molecular complexity index is 462. The normalized spacial score (nSPS) is 15.9. The summed E-state index contributed by atoms with van der Waals surface area (Å²) in [6.07, 6.45) is 1.74. The molecule has 1 aliphatic heterocycles. The summed E-state index contributed by atoms with van der Waals surface area (Å²) in [5.74, 6) is 0.811. The maximum atomic E-state index is 11.7. The van der Waals surface area contributed by atoms with Crippen LogP contribution in [0.1, 0.15) is 19.8 Å². The SMILES string of the molecule is CCOC(=O)C1CCN(CCOc2cccc(Cl)c2)CC1.Cl. The molecule has 22 heavy (non-hydrogen) atoms. The number of halogens is 2. The first-order chi connectivity index (χ1) is 10.2. The smallest absolute Gasteiger partial charge is 0.309 e. The fraction of sp³-hybridized carbons (Fsp3) is 0.562. The molecule has 1 fully saturated rings. The number of likely N-dealkylation sites (tertiary alicyclic amines) is 1. The molecule has 0 N–H and O–H groups in total. The Hall–Kier alpha value is -0.970. The number of piperidine rings is 1. The van der Waals surface area contributed by atoms with Crippen LogP contribution < -0.4 is 4.74 Å². The van der Waals surface area contributed by atoms with Gasteiger partial charge in [0, 0.05) is 11.6 Å². The molecule has 0 atom stereocenters. The van der Waals surface area contributed by atoms with E-state index >= 15 is 0 Å². The molecule has 0 unspecified atom stereocenters. The maximum Gasteiger partial charge on any atom is 0.309 e. The quantitative estimate of drug-likeness (QED) is 0.739. The average Bonchev–Trinajstić information content (AvgIpc) is 2.48. The summed E-state index contributed by atoms with van der Waals surface area (Å²) >= 11 is 5.91. The summed E-state index contributed by atoms with van der Waals surface area (Å²) < 4.78 is 10.8. The van der Waals surface area contributed by atoms with Crippen molar-refractivity contribution in [3.63, 3.8) is 0 Å². The molecule has 4 nitrogen and oxygen atoms in total. The van der Waals surface area contributed by atoms with E-state index in [1.54, 1.807) is 0 Å². The molecule has 2 rings (SSSR count). The molecule has 0 aromatic heterocycles. The third-order valence-electron chi connectivity index (χ3n) is 3.68. The van der Waals surface area contributed by atoms with Crippen LogP contribution in [0.15, 0.2) is 24.3 Å². The van der Waals surface area contributed by atoms with Crippen molar-refractivity contribution in [2.24, 2.45) is 5.92 Å². The second-order valence-electron chi connectivity index (χ2n) is 5.17. The second-order valence-corrected chi connectivity index (χ2v) is 5.61. The van der Waals surface area contributed by atoms with Crippen LogP contribution in [0.3, 0.4) is 0 Å². The third-order valence-corrected chi connectivity index (χ3v) is 3.91. The Morgan fingerprint density at radius 3 is 2.73 bits per heavy atom. The molecule has 0 bridgehead atoms. The van der Waals surface area contributed by atoms with Crippen LogP contribution in [-0.4, -0.2) is 43.7 Å². The van der Waals surface area contributed by atoms with Crippen LogP contribution >= 0.6 is 24.0 Å². The molecule has 1 aliphatic rings. The van der Waals surface area contributed by atoms with Gasteiger partial charge in [0.2, 0.25) is 0 Å². The van der Waals surface area contributed by atoms with E-state index in [9.17, 15) is 4.79 Å². The van der Waals surface area contributed by atoms with Gasteiger partial charge >= 0.3 is 5.97 Å². The van der Waals surface area contributed by atoms with Crippen LogP contribution in [0.4, 0.5) is 0 Å². The number of hydrogen-bond donors (Lipinski definition) is 0. The lowest BCUT2D eigenvalue weighted by Crippen LogP contribution is -2.39. The predicted molar refractivity (Wildman–Crippen MR) is 90.0 cm³/mol. The molecule has 0 aliphatic carbocycles. The minimum atomic E-state index is -0.0488. The van der Waals surface area contributed by atoms with Gasteiger partial charge in [0.15, 0.2) is 0 Å². The number of esters is 1. The van der Waals surface area contributed by atoms with E-state index in [0.717, 1.165) is 38.2 Å². The zero-order valence-electron chi connectivity index (χ0n) is 12.8. The minimum absolute atomic E-state index is 0. The molecule has 1 heterocycles. The first-order valence-electron chi connectivity index (χ1n) is 7.46. The highest BCUT2D eigenvalue weighted by Gasteiger charge is 2.25. The van der Waals surface area contributed by atoms with E-state index in [2.05, 4.69) is 4.90 Å². The van der Waals surface area contributed by atoms with Crippen molar-refractivity contribution in [1.29, 1.82) is 0 Å². The first kappa shape index (κ1) is 19.1. The molecule has 0 spiro atoms. The molecule has 0 radical (unpaired) electrons. The second kappa shape index (κ2) is 9.93. The molecule has 1 aromatic carbocycles. The van der Waals surface area contributed by atoms with Gasteiger partial charge in [-0.2, -0.15) is 0 Å². The van der Waals surface area contributed by atoms with E-state index in [4.69, 9.17) is 21.1 Å². The molecular weight excluding hydrogens is 325 g/mol. The molecule has 124 valence electrons. The van der Waals surface area contributed by atoms with Gasteiger partial charge in [-0.3, -0.25) is 9.69 Å². The van der Waals surface area contributed by atoms with Crippen LogP contribution in [0.2, 0.25) is 5.02 Å². The molecule has 0 amide bonds. The van der Waals surface area contributed by atoms with Crippen molar-refractivity contribution < 1.29 is 14.3 Å². The average molecular weight is 348 g/mol. The molecular formula is C16H23Cl2NO3. The monoisotopic (exact) mass is 347 g/mol. The zero-order chi connectivity index (χ0) is 15.1. The largest absolute Gasteiger partial charge is 0.492 e. The number of hydrogen-bond acceptors (Lipinski definition) is 4. The van der Waals surface area contributed by atoms with Crippen LogP contribution in [0.5, 0.6) is 5.75 Å². The standard InChI is InChI=1S/C16H22ClNO3.ClH/c1-2-20-16(19)13-6-8-18(9-7-13)10-11-21-15-5-3-4-14(17)12-15;/h3-5,12-13H,2,6-11H2,1H3;1H. The Kier molecular flexibility index (Phi) is 8.61. The fourth-order valence-electron chi connectivity index (χ4n) is 2.50. The summed E-state index contributed by atoms with van der Waals surface area (Å²) in [6, 6.07) is 7.42.